The van der Waals surface area contributed by atoms with E-state index in [4.69, 9.17) is 23.2 Å². The van der Waals surface area contributed by atoms with Crippen LogP contribution >= 0.6 is 34.5 Å². The first kappa shape index (κ1) is 16.6. The zero-order chi connectivity index (χ0) is 17.4. The van der Waals surface area contributed by atoms with E-state index in [2.05, 4.69) is 4.99 Å². The van der Waals surface area contributed by atoms with E-state index in [0.717, 1.165) is 5.52 Å². The summed E-state index contributed by atoms with van der Waals surface area (Å²) in [5.41, 5.74) is 0.979. The van der Waals surface area contributed by atoms with Crippen LogP contribution in [0.15, 0.2) is 41.4 Å². The number of hydrogen-bond acceptors (Lipinski definition) is 4. The summed E-state index contributed by atoms with van der Waals surface area (Å²) >= 11 is 13.0. The Balaban J connectivity index is 2.11. The van der Waals surface area contributed by atoms with Crippen LogP contribution in [0.4, 0.5) is 5.69 Å². The lowest BCUT2D eigenvalue weighted by Crippen LogP contribution is -2.13. The number of halogens is 2. The molecule has 0 fully saturated rings. The minimum Gasteiger partial charge on any atom is -0.319 e. The lowest BCUT2D eigenvalue weighted by molar-refractivity contribution is -0.384. The molecule has 0 unspecified atom stereocenters. The lowest BCUT2D eigenvalue weighted by atomic mass is 10.2. The summed E-state index contributed by atoms with van der Waals surface area (Å²) in [5.74, 6) is -0.506. The molecule has 0 bridgehead atoms. The van der Waals surface area contributed by atoms with Gasteiger partial charge in [0.15, 0.2) is 4.80 Å². The van der Waals surface area contributed by atoms with E-state index in [1.54, 1.807) is 23.7 Å². The first-order valence-electron chi connectivity index (χ1n) is 6.65. The van der Waals surface area contributed by atoms with Gasteiger partial charge in [-0.3, -0.25) is 14.9 Å². The van der Waals surface area contributed by atoms with E-state index in [-0.39, 0.29) is 16.3 Å². The van der Waals surface area contributed by atoms with E-state index in [0.29, 0.717) is 14.5 Å². The Hall–Kier alpha value is -2.22. The van der Waals surface area contributed by atoms with Crippen molar-refractivity contribution in [1.29, 1.82) is 0 Å². The molecule has 0 atom stereocenters. The zero-order valence-electron chi connectivity index (χ0n) is 12.2. The van der Waals surface area contributed by atoms with Gasteiger partial charge in [0.1, 0.15) is 0 Å². The number of carbonyl (C=O) groups excluding carboxylic acids is 1. The van der Waals surface area contributed by atoms with Crippen molar-refractivity contribution in [2.75, 3.05) is 0 Å². The van der Waals surface area contributed by atoms with Crippen molar-refractivity contribution in [3.8, 4) is 0 Å². The Bertz CT molecular complexity index is 1060. The van der Waals surface area contributed by atoms with Gasteiger partial charge >= 0.3 is 0 Å². The summed E-state index contributed by atoms with van der Waals surface area (Å²) in [6.07, 6.45) is 0. The Kier molecular flexibility index (Phi) is 4.40. The number of aryl methyl sites for hydroxylation is 1. The van der Waals surface area contributed by atoms with Gasteiger partial charge in [-0.15, -0.1) is 0 Å². The SMILES string of the molecule is Cn1c(=NC(=O)c2ccc(Cl)cc2Cl)sc2cc([N+](=O)[O-])ccc21. The molecule has 0 radical (unpaired) electrons. The molecule has 0 spiro atoms. The van der Waals surface area contributed by atoms with E-state index in [9.17, 15) is 14.9 Å². The van der Waals surface area contributed by atoms with Crippen LogP contribution in [0.1, 0.15) is 10.4 Å². The smallest absolute Gasteiger partial charge is 0.281 e. The number of nitro benzene ring substituents is 1. The number of nitrogens with zero attached hydrogens (tertiary/aromatic N) is 3. The molecule has 3 rings (SSSR count). The van der Waals surface area contributed by atoms with Crippen molar-refractivity contribution >= 4 is 56.3 Å². The Morgan fingerprint density at radius 1 is 1.25 bits per heavy atom. The highest BCUT2D eigenvalue weighted by Gasteiger charge is 2.13. The van der Waals surface area contributed by atoms with Crippen molar-refractivity contribution in [3.63, 3.8) is 0 Å². The zero-order valence-corrected chi connectivity index (χ0v) is 14.5. The first-order valence-corrected chi connectivity index (χ1v) is 8.22. The second-order valence-electron chi connectivity index (χ2n) is 4.89. The molecule has 6 nitrogen and oxygen atoms in total. The van der Waals surface area contributed by atoms with Crippen LogP contribution in [0.3, 0.4) is 0 Å². The monoisotopic (exact) mass is 381 g/mol. The number of aromatic nitrogens is 1. The van der Waals surface area contributed by atoms with Gasteiger partial charge in [0.05, 0.1) is 25.7 Å². The summed E-state index contributed by atoms with van der Waals surface area (Å²) in [6.45, 7) is 0. The van der Waals surface area contributed by atoms with Crippen LogP contribution in [0, 0.1) is 10.1 Å². The molecule has 24 heavy (non-hydrogen) atoms. The van der Waals surface area contributed by atoms with Crippen molar-refractivity contribution in [1.82, 2.24) is 4.57 Å². The molecule has 122 valence electrons. The molecule has 1 amide bonds. The average Bonchev–Trinajstić information content (AvgIpc) is 2.82. The van der Waals surface area contributed by atoms with Crippen LogP contribution in [-0.2, 0) is 7.05 Å². The maximum absolute atomic E-state index is 12.3. The van der Waals surface area contributed by atoms with E-state index in [1.165, 1.54) is 35.6 Å². The van der Waals surface area contributed by atoms with Gasteiger partial charge in [0.25, 0.3) is 11.6 Å². The maximum atomic E-state index is 12.3. The van der Waals surface area contributed by atoms with Gasteiger partial charge in [-0.25, -0.2) is 0 Å². The minimum atomic E-state index is -0.506. The summed E-state index contributed by atoms with van der Waals surface area (Å²) in [4.78, 5) is 27.2. The molecule has 0 N–H and O–H groups in total. The molecule has 9 heteroatoms. The molecule has 0 aliphatic carbocycles. The second-order valence-corrected chi connectivity index (χ2v) is 6.75. The van der Waals surface area contributed by atoms with E-state index in [1.807, 2.05) is 0 Å². The van der Waals surface area contributed by atoms with E-state index >= 15 is 0 Å². The highest BCUT2D eigenvalue weighted by molar-refractivity contribution is 7.16. The number of hydrogen-bond donors (Lipinski definition) is 0. The quantitative estimate of drug-likeness (QED) is 0.492. The standard InChI is InChI=1S/C15H9Cl2N3O3S/c1-19-12-5-3-9(20(22)23)7-13(12)24-15(19)18-14(21)10-4-2-8(16)6-11(10)17/h2-7H,1H3. The van der Waals surface area contributed by atoms with Crippen molar-refractivity contribution in [3.05, 3.63) is 66.9 Å². The lowest BCUT2D eigenvalue weighted by Gasteiger charge is -1.99. The summed E-state index contributed by atoms with van der Waals surface area (Å²) in [6, 6.07) is 9.04. The highest BCUT2D eigenvalue weighted by Crippen LogP contribution is 2.24. The fraction of sp³-hybridized carbons (Fsp3) is 0.0667. The molecule has 0 saturated carbocycles. The van der Waals surface area contributed by atoms with Crippen LogP contribution in [0.5, 0.6) is 0 Å². The number of rotatable bonds is 2. The average molecular weight is 382 g/mol. The third kappa shape index (κ3) is 3.06. The van der Waals surface area contributed by atoms with Gasteiger partial charge in [-0.1, -0.05) is 34.5 Å². The van der Waals surface area contributed by atoms with Crippen LogP contribution in [0.2, 0.25) is 10.0 Å². The van der Waals surface area contributed by atoms with Gasteiger partial charge in [0, 0.05) is 24.2 Å². The summed E-state index contributed by atoms with van der Waals surface area (Å²) in [7, 11) is 1.74. The Morgan fingerprint density at radius 3 is 2.67 bits per heavy atom. The van der Waals surface area contributed by atoms with Crippen molar-refractivity contribution < 1.29 is 9.72 Å². The number of carbonyl (C=O) groups is 1. The third-order valence-electron chi connectivity index (χ3n) is 3.36. The summed E-state index contributed by atoms with van der Waals surface area (Å²) in [5, 5.41) is 11.5. The van der Waals surface area contributed by atoms with Crippen LogP contribution < -0.4 is 4.80 Å². The molecule has 0 aliphatic rings. The first-order chi connectivity index (χ1) is 11.4. The molecule has 3 aromatic rings. The van der Waals surface area contributed by atoms with Crippen molar-refractivity contribution in [2.45, 2.75) is 0 Å². The highest BCUT2D eigenvalue weighted by atomic mass is 35.5. The summed E-state index contributed by atoms with van der Waals surface area (Å²) < 4.78 is 2.37. The minimum absolute atomic E-state index is 0.0111. The number of thiazole rings is 1. The molecule has 1 heterocycles. The third-order valence-corrected chi connectivity index (χ3v) is 5.00. The topological polar surface area (TPSA) is 77.5 Å². The Morgan fingerprint density at radius 2 is 2.00 bits per heavy atom. The number of amides is 1. The molecule has 1 aromatic heterocycles. The number of fused-ring (bicyclic) bond motifs is 1. The molecular formula is C15H9Cl2N3O3S. The molecular weight excluding hydrogens is 373 g/mol. The van der Waals surface area contributed by atoms with Gasteiger partial charge in [0.2, 0.25) is 0 Å². The largest absolute Gasteiger partial charge is 0.319 e. The van der Waals surface area contributed by atoms with Crippen molar-refractivity contribution in [2.24, 2.45) is 12.0 Å². The van der Waals surface area contributed by atoms with Crippen LogP contribution in [0.25, 0.3) is 10.2 Å². The molecule has 0 saturated heterocycles. The number of nitro groups is 1. The fourth-order valence-electron chi connectivity index (χ4n) is 2.15. The molecule has 2 aromatic carbocycles. The number of non-ortho nitro benzene ring substituents is 1. The normalized spacial score (nSPS) is 11.9. The second kappa shape index (κ2) is 6.35. The number of benzene rings is 2. The van der Waals surface area contributed by atoms with Gasteiger partial charge < -0.3 is 4.57 Å². The fourth-order valence-corrected chi connectivity index (χ4v) is 3.69. The van der Waals surface area contributed by atoms with Gasteiger partial charge in [-0.2, -0.15) is 4.99 Å². The maximum Gasteiger partial charge on any atom is 0.281 e. The van der Waals surface area contributed by atoms with E-state index < -0.39 is 10.8 Å². The molecule has 0 aliphatic heterocycles. The predicted molar refractivity (Wildman–Crippen MR) is 93.8 cm³/mol. The predicted octanol–water partition coefficient (Wildman–Crippen LogP) is 4.20. The van der Waals surface area contributed by atoms with Crippen LogP contribution in [-0.4, -0.2) is 15.4 Å². The van der Waals surface area contributed by atoms with Gasteiger partial charge in [-0.05, 0) is 24.3 Å². The Labute approximate surface area is 149 Å².